The van der Waals surface area contributed by atoms with Crippen LogP contribution in [0.3, 0.4) is 0 Å². The van der Waals surface area contributed by atoms with Crippen LogP contribution in [0.2, 0.25) is 0 Å². The number of hydrogen-bond donors (Lipinski definition) is 2. The minimum Gasteiger partial charge on any atom is -0.452 e. The van der Waals surface area contributed by atoms with E-state index in [1.165, 1.54) is 11.1 Å². The molecule has 2 aromatic rings. The highest BCUT2D eigenvalue weighted by Crippen LogP contribution is 2.26. The van der Waals surface area contributed by atoms with E-state index in [0.717, 1.165) is 11.3 Å². The number of hydrogen-bond acceptors (Lipinski definition) is 3. The smallest absolute Gasteiger partial charge is 0.169 e. The second-order valence-corrected chi connectivity index (χ2v) is 4.87. The van der Waals surface area contributed by atoms with E-state index in [0.29, 0.717) is 4.67 Å². The van der Waals surface area contributed by atoms with Crippen molar-refractivity contribution >= 4 is 15.9 Å². The molecule has 1 unspecified atom stereocenters. The van der Waals surface area contributed by atoms with Crippen molar-refractivity contribution in [3.8, 4) is 0 Å². The van der Waals surface area contributed by atoms with Crippen LogP contribution in [-0.2, 0) is 0 Å². The maximum Gasteiger partial charge on any atom is 0.169 e. The Bertz CT molecular complexity index is 522. The summed E-state index contributed by atoms with van der Waals surface area (Å²) in [6.07, 6.45) is 0. The van der Waals surface area contributed by atoms with Crippen molar-refractivity contribution in [2.45, 2.75) is 19.9 Å². The van der Waals surface area contributed by atoms with Crippen molar-refractivity contribution in [2.24, 2.45) is 5.84 Å². The number of halogens is 1. The first-order valence-corrected chi connectivity index (χ1v) is 6.19. The first-order chi connectivity index (χ1) is 8.11. The Balaban J connectivity index is 2.38. The lowest BCUT2D eigenvalue weighted by molar-refractivity contribution is 0.437. The molecule has 0 saturated carbocycles. The molecule has 1 aromatic carbocycles. The minimum absolute atomic E-state index is 0.124. The van der Waals surface area contributed by atoms with E-state index in [1.54, 1.807) is 0 Å². The summed E-state index contributed by atoms with van der Waals surface area (Å²) < 4.78 is 6.24. The Labute approximate surface area is 109 Å². The van der Waals surface area contributed by atoms with Gasteiger partial charge in [-0.1, -0.05) is 18.2 Å². The van der Waals surface area contributed by atoms with Gasteiger partial charge in [-0.3, -0.25) is 5.84 Å². The van der Waals surface area contributed by atoms with Gasteiger partial charge in [0.1, 0.15) is 11.8 Å². The predicted molar refractivity (Wildman–Crippen MR) is 71.5 cm³/mol. The van der Waals surface area contributed by atoms with Crippen LogP contribution in [0.4, 0.5) is 0 Å². The summed E-state index contributed by atoms with van der Waals surface area (Å²) in [5.41, 5.74) is 6.39. The number of nitrogens with one attached hydrogen (secondary N) is 1. The van der Waals surface area contributed by atoms with Crippen molar-refractivity contribution in [1.29, 1.82) is 0 Å². The molecule has 0 fully saturated rings. The highest BCUT2D eigenvalue weighted by molar-refractivity contribution is 9.10. The molecule has 1 heterocycles. The number of hydrazine groups is 1. The molecule has 3 N–H and O–H groups in total. The number of benzene rings is 1. The topological polar surface area (TPSA) is 51.2 Å². The molecule has 0 aliphatic rings. The Hall–Kier alpha value is -1.10. The third-order valence-corrected chi connectivity index (χ3v) is 3.34. The van der Waals surface area contributed by atoms with Gasteiger partial charge in [-0.2, -0.15) is 0 Å². The third-order valence-electron chi connectivity index (χ3n) is 2.91. The molecule has 0 aliphatic heterocycles. The molecule has 0 amide bonds. The molecule has 0 saturated heterocycles. The summed E-state index contributed by atoms with van der Waals surface area (Å²) in [7, 11) is 0. The molecule has 0 spiro atoms. The first-order valence-electron chi connectivity index (χ1n) is 5.40. The molecule has 2 rings (SSSR count). The van der Waals surface area contributed by atoms with Crippen LogP contribution in [0, 0.1) is 13.8 Å². The normalized spacial score (nSPS) is 12.7. The van der Waals surface area contributed by atoms with Gasteiger partial charge in [-0.25, -0.2) is 5.43 Å². The van der Waals surface area contributed by atoms with Crippen molar-refractivity contribution in [3.05, 3.63) is 57.5 Å². The summed E-state index contributed by atoms with van der Waals surface area (Å²) in [6, 6.07) is 9.91. The monoisotopic (exact) mass is 294 g/mol. The number of furan rings is 1. The molecule has 17 heavy (non-hydrogen) atoms. The average Bonchev–Trinajstić information content (AvgIpc) is 2.71. The van der Waals surface area contributed by atoms with Gasteiger partial charge in [-0.05, 0) is 58.6 Å². The standard InChI is InChI=1S/C13H15BrN2O/c1-8-3-4-10(7-9(8)2)13(16-15)11-5-6-12(14)17-11/h3-7,13,16H,15H2,1-2H3. The van der Waals surface area contributed by atoms with Crippen LogP contribution in [-0.4, -0.2) is 0 Å². The lowest BCUT2D eigenvalue weighted by Gasteiger charge is -2.15. The number of nitrogens with two attached hydrogens (primary N) is 1. The zero-order valence-corrected chi connectivity index (χ0v) is 11.4. The van der Waals surface area contributed by atoms with Gasteiger partial charge in [0.15, 0.2) is 4.67 Å². The van der Waals surface area contributed by atoms with Gasteiger partial charge in [0, 0.05) is 0 Å². The van der Waals surface area contributed by atoms with Crippen LogP contribution in [0.1, 0.15) is 28.5 Å². The highest BCUT2D eigenvalue weighted by Gasteiger charge is 2.16. The van der Waals surface area contributed by atoms with Crippen molar-refractivity contribution in [1.82, 2.24) is 5.43 Å². The zero-order chi connectivity index (χ0) is 12.4. The molecule has 1 atom stereocenters. The summed E-state index contributed by atoms with van der Waals surface area (Å²) in [5.74, 6) is 6.40. The summed E-state index contributed by atoms with van der Waals surface area (Å²) in [6.45, 7) is 4.18. The van der Waals surface area contributed by atoms with Crippen LogP contribution >= 0.6 is 15.9 Å². The van der Waals surface area contributed by atoms with E-state index in [4.69, 9.17) is 10.3 Å². The average molecular weight is 295 g/mol. The van der Waals surface area contributed by atoms with Gasteiger partial charge in [0.2, 0.25) is 0 Å². The Kier molecular flexibility index (Phi) is 3.66. The Morgan fingerprint density at radius 3 is 2.47 bits per heavy atom. The fourth-order valence-corrected chi connectivity index (χ4v) is 2.09. The van der Waals surface area contributed by atoms with Crippen LogP contribution in [0.25, 0.3) is 0 Å². The zero-order valence-electron chi connectivity index (χ0n) is 9.83. The predicted octanol–water partition coefficient (Wildman–Crippen LogP) is 3.21. The first kappa shape index (κ1) is 12.4. The fraction of sp³-hybridized carbons (Fsp3) is 0.231. The molecular formula is C13H15BrN2O. The molecule has 4 heteroatoms. The third kappa shape index (κ3) is 2.60. The van der Waals surface area contributed by atoms with Gasteiger partial charge in [0.25, 0.3) is 0 Å². The Morgan fingerprint density at radius 2 is 1.94 bits per heavy atom. The Morgan fingerprint density at radius 1 is 1.18 bits per heavy atom. The van der Waals surface area contributed by atoms with Crippen molar-refractivity contribution in [2.75, 3.05) is 0 Å². The molecule has 90 valence electrons. The summed E-state index contributed by atoms with van der Waals surface area (Å²) in [5, 5.41) is 0. The number of aryl methyl sites for hydroxylation is 2. The van der Waals surface area contributed by atoms with Crippen LogP contribution < -0.4 is 11.3 Å². The van der Waals surface area contributed by atoms with E-state index < -0.39 is 0 Å². The number of rotatable bonds is 3. The highest BCUT2D eigenvalue weighted by atomic mass is 79.9. The van der Waals surface area contributed by atoms with E-state index in [1.807, 2.05) is 12.1 Å². The van der Waals surface area contributed by atoms with Crippen molar-refractivity contribution < 1.29 is 4.42 Å². The van der Waals surface area contributed by atoms with E-state index in [-0.39, 0.29) is 6.04 Å². The SMILES string of the molecule is Cc1ccc(C(NN)c2ccc(Br)o2)cc1C. The van der Waals surface area contributed by atoms with Gasteiger partial charge >= 0.3 is 0 Å². The lowest BCUT2D eigenvalue weighted by atomic mass is 10.00. The lowest BCUT2D eigenvalue weighted by Crippen LogP contribution is -2.28. The summed E-state index contributed by atoms with van der Waals surface area (Å²) >= 11 is 3.29. The fourth-order valence-electron chi connectivity index (χ4n) is 1.77. The van der Waals surface area contributed by atoms with Gasteiger partial charge in [0.05, 0.1) is 0 Å². The molecule has 0 aliphatic carbocycles. The quantitative estimate of drug-likeness (QED) is 0.675. The molecule has 3 nitrogen and oxygen atoms in total. The second kappa shape index (κ2) is 5.04. The second-order valence-electron chi connectivity index (χ2n) is 4.09. The maximum absolute atomic E-state index is 5.61. The maximum atomic E-state index is 5.61. The molecule has 1 aromatic heterocycles. The molecule has 0 radical (unpaired) electrons. The van der Waals surface area contributed by atoms with Gasteiger partial charge in [-0.15, -0.1) is 0 Å². The van der Waals surface area contributed by atoms with E-state index in [9.17, 15) is 0 Å². The van der Waals surface area contributed by atoms with E-state index in [2.05, 4.69) is 53.4 Å². The van der Waals surface area contributed by atoms with E-state index >= 15 is 0 Å². The summed E-state index contributed by atoms with van der Waals surface area (Å²) in [4.78, 5) is 0. The molecule has 0 bridgehead atoms. The van der Waals surface area contributed by atoms with Crippen LogP contribution in [0.5, 0.6) is 0 Å². The van der Waals surface area contributed by atoms with Crippen molar-refractivity contribution in [3.63, 3.8) is 0 Å². The van der Waals surface area contributed by atoms with Gasteiger partial charge < -0.3 is 4.42 Å². The van der Waals surface area contributed by atoms with Crippen LogP contribution in [0.15, 0.2) is 39.4 Å². The largest absolute Gasteiger partial charge is 0.452 e. The minimum atomic E-state index is -0.124. The molecular weight excluding hydrogens is 280 g/mol.